The van der Waals surface area contributed by atoms with Crippen molar-refractivity contribution < 1.29 is 19.1 Å². The molecule has 1 fully saturated rings. The number of nitrogens with zero attached hydrogens (tertiary/aromatic N) is 4. The summed E-state index contributed by atoms with van der Waals surface area (Å²) in [7, 11) is 0. The lowest BCUT2D eigenvalue weighted by molar-refractivity contribution is -0.135. The Morgan fingerprint density at radius 3 is 2.03 bits per heavy atom. The quantitative estimate of drug-likeness (QED) is 0.512. The molecule has 9 heteroatoms. The van der Waals surface area contributed by atoms with Gasteiger partial charge in [0.25, 0.3) is 5.91 Å². The number of piperazine rings is 1. The summed E-state index contributed by atoms with van der Waals surface area (Å²) in [6, 6.07) is 20.0. The summed E-state index contributed by atoms with van der Waals surface area (Å²) in [4.78, 5) is 51.5. The van der Waals surface area contributed by atoms with Gasteiger partial charge in [-0.1, -0.05) is 74.5 Å². The number of benzene rings is 2. The molecule has 2 heterocycles. The van der Waals surface area contributed by atoms with E-state index in [0.29, 0.717) is 44.3 Å². The molecule has 0 aliphatic carbocycles. The summed E-state index contributed by atoms with van der Waals surface area (Å²) in [6.45, 7) is 7.37. The summed E-state index contributed by atoms with van der Waals surface area (Å²) < 4.78 is 5.06. The Morgan fingerprint density at radius 1 is 0.868 bits per heavy atom. The molecule has 0 radical (unpaired) electrons. The summed E-state index contributed by atoms with van der Waals surface area (Å²) in [5.41, 5.74) is 2.45. The number of hydrogen-bond acceptors (Lipinski definition) is 6. The highest BCUT2D eigenvalue weighted by Crippen LogP contribution is 2.23. The number of hydrogen-bond donors (Lipinski definition) is 1. The summed E-state index contributed by atoms with van der Waals surface area (Å²) in [5, 5.41) is 2.92. The highest BCUT2D eigenvalue weighted by Gasteiger charge is 2.32. The van der Waals surface area contributed by atoms with Crippen molar-refractivity contribution in [2.45, 2.75) is 26.8 Å². The van der Waals surface area contributed by atoms with Gasteiger partial charge in [-0.2, -0.15) is 0 Å². The molecule has 3 amide bonds. The first-order valence-electron chi connectivity index (χ1n) is 12.9. The average molecular weight is 516 g/mol. The van der Waals surface area contributed by atoms with Crippen molar-refractivity contribution in [3.8, 4) is 22.6 Å². The van der Waals surface area contributed by atoms with Gasteiger partial charge < -0.3 is 19.9 Å². The maximum atomic E-state index is 13.5. The standard InChI is InChI=1S/C29H33N5O4/c1-4-38-29(37)34-17-15-33(16-18-34)28(36)25(20(2)3)32-27(35)24-19-23(21-11-7-5-8-12-21)30-26(31-24)22-13-9-6-10-14-22/h5-14,19-20,25H,4,15-18H2,1-3H3,(H,32,35)/t25-/m0/s1. The minimum atomic E-state index is -0.744. The van der Waals surface area contributed by atoms with E-state index in [1.54, 1.807) is 22.8 Å². The van der Waals surface area contributed by atoms with Crippen LogP contribution in [0.1, 0.15) is 31.3 Å². The Hall–Kier alpha value is -4.27. The van der Waals surface area contributed by atoms with Crippen LogP contribution in [0.25, 0.3) is 22.6 Å². The maximum absolute atomic E-state index is 13.5. The van der Waals surface area contributed by atoms with Gasteiger partial charge in [-0.05, 0) is 18.9 Å². The predicted octanol–water partition coefficient (Wildman–Crippen LogP) is 3.87. The van der Waals surface area contributed by atoms with Crippen molar-refractivity contribution in [1.82, 2.24) is 25.1 Å². The molecule has 2 aromatic carbocycles. The van der Waals surface area contributed by atoms with Crippen molar-refractivity contribution in [3.05, 3.63) is 72.4 Å². The number of amides is 3. The summed E-state index contributed by atoms with van der Waals surface area (Å²) in [6.07, 6.45) is -0.375. The van der Waals surface area contributed by atoms with Crippen LogP contribution in [-0.2, 0) is 9.53 Å². The Labute approximate surface area is 222 Å². The van der Waals surface area contributed by atoms with Crippen LogP contribution in [0, 0.1) is 5.92 Å². The molecule has 4 rings (SSSR count). The van der Waals surface area contributed by atoms with Crippen LogP contribution in [0.5, 0.6) is 0 Å². The van der Waals surface area contributed by atoms with Crippen LogP contribution in [0.3, 0.4) is 0 Å². The van der Waals surface area contributed by atoms with Crippen LogP contribution in [0.15, 0.2) is 66.7 Å². The van der Waals surface area contributed by atoms with Gasteiger partial charge in [0.1, 0.15) is 11.7 Å². The SMILES string of the molecule is CCOC(=O)N1CCN(C(=O)[C@@H](NC(=O)c2cc(-c3ccccc3)nc(-c3ccccc3)n2)C(C)C)CC1. The van der Waals surface area contributed by atoms with Gasteiger partial charge in [0.2, 0.25) is 5.91 Å². The van der Waals surface area contributed by atoms with Crippen molar-refractivity contribution >= 4 is 17.9 Å². The van der Waals surface area contributed by atoms with E-state index in [2.05, 4.69) is 10.3 Å². The van der Waals surface area contributed by atoms with E-state index < -0.39 is 11.9 Å². The van der Waals surface area contributed by atoms with Crippen LogP contribution in [0.2, 0.25) is 0 Å². The van der Waals surface area contributed by atoms with Crippen molar-refractivity contribution in [1.29, 1.82) is 0 Å². The van der Waals surface area contributed by atoms with Gasteiger partial charge in [-0.15, -0.1) is 0 Å². The van der Waals surface area contributed by atoms with Crippen LogP contribution in [-0.4, -0.2) is 76.5 Å². The monoisotopic (exact) mass is 515 g/mol. The molecule has 198 valence electrons. The lowest BCUT2D eigenvalue weighted by Crippen LogP contribution is -2.57. The minimum Gasteiger partial charge on any atom is -0.450 e. The third-order valence-electron chi connectivity index (χ3n) is 6.40. The fourth-order valence-electron chi connectivity index (χ4n) is 4.29. The molecule has 1 aliphatic heterocycles. The second kappa shape index (κ2) is 12.3. The molecular formula is C29H33N5O4. The van der Waals surface area contributed by atoms with Crippen molar-refractivity contribution in [2.75, 3.05) is 32.8 Å². The van der Waals surface area contributed by atoms with E-state index in [4.69, 9.17) is 9.72 Å². The zero-order valence-corrected chi connectivity index (χ0v) is 22.0. The molecule has 0 bridgehead atoms. The van der Waals surface area contributed by atoms with Gasteiger partial charge >= 0.3 is 6.09 Å². The Balaban J connectivity index is 1.55. The first-order valence-corrected chi connectivity index (χ1v) is 12.9. The van der Waals surface area contributed by atoms with Crippen LogP contribution >= 0.6 is 0 Å². The van der Waals surface area contributed by atoms with Crippen molar-refractivity contribution in [2.24, 2.45) is 5.92 Å². The van der Waals surface area contributed by atoms with E-state index in [-0.39, 0.29) is 23.6 Å². The summed E-state index contributed by atoms with van der Waals surface area (Å²) >= 11 is 0. The third-order valence-corrected chi connectivity index (χ3v) is 6.40. The smallest absolute Gasteiger partial charge is 0.409 e. The molecule has 3 aromatic rings. The van der Waals surface area contributed by atoms with Crippen molar-refractivity contribution in [3.63, 3.8) is 0 Å². The second-order valence-electron chi connectivity index (χ2n) is 9.40. The molecule has 0 spiro atoms. The lowest BCUT2D eigenvalue weighted by Gasteiger charge is -2.36. The molecule has 1 aromatic heterocycles. The highest BCUT2D eigenvalue weighted by atomic mass is 16.6. The third kappa shape index (κ3) is 6.34. The van der Waals surface area contributed by atoms with E-state index in [9.17, 15) is 14.4 Å². The fourth-order valence-corrected chi connectivity index (χ4v) is 4.29. The molecule has 1 atom stereocenters. The normalized spacial score (nSPS) is 14.2. The molecule has 0 unspecified atom stereocenters. The van der Waals surface area contributed by atoms with Gasteiger partial charge in [0.05, 0.1) is 12.3 Å². The van der Waals surface area contributed by atoms with E-state index >= 15 is 0 Å². The molecule has 0 saturated carbocycles. The van der Waals surface area contributed by atoms with Crippen LogP contribution in [0.4, 0.5) is 4.79 Å². The number of ether oxygens (including phenoxy) is 1. The van der Waals surface area contributed by atoms with E-state index in [1.807, 2.05) is 74.5 Å². The van der Waals surface area contributed by atoms with E-state index in [0.717, 1.165) is 11.1 Å². The Morgan fingerprint density at radius 2 is 1.45 bits per heavy atom. The number of rotatable bonds is 7. The molecular weight excluding hydrogens is 482 g/mol. The first-order chi connectivity index (χ1) is 18.4. The molecule has 9 nitrogen and oxygen atoms in total. The Kier molecular flexibility index (Phi) is 8.68. The fraction of sp³-hybridized carbons (Fsp3) is 0.345. The number of carbonyl (C=O) groups is 3. The maximum Gasteiger partial charge on any atom is 0.409 e. The largest absolute Gasteiger partial charge is 0.450 e. The second-order valence-corrected chi connectivity index (χ2v) is 9.40. The van der Waals surface area contributed by atoms with E-state index in [1.165, 1.54) is 0 Å². The number of carbonyl (C=O) groups excluding carboxylic acids is 3. The van der Waals surface area contributed by atoms with Gasteiger partial charge in [-0.3, -0.25) is 9.59 Å². The zero-order valence-electron chi connectivity index (χ0n) is 22.0. The highest BCUT2D eigenvalue weighted by molar-refractivity contribution is 5.97. The zero-order chi connectivity index (χ0) is 27.1. The molecule has 1 aliphatic rings. The van der Waals surface area contributed by atoms with Crippen LogP contribution < -0.4 is 5.32 Å². The topological polar surface area (TPSA) is 105 Å². The molecule has 1 N–H and O–H groups in total. The number of aromatic nitrogens is 2. The minimum absolute atomic E-state index is 0.154. The first kappa shape index (κ1) is 26.8. The number of nitrogens with one attached hydrogen (secondary N) is 1. The Bertz CT molecular complexity index is 1200. The molecule has 38 heavy (non-hydrogen) atoms. The predicted molar refractivity (Wildman–Crippen MR) is 144 cm³/mol. The summed E-state index contributed by atoms with van der Waals surface area (Å²) in [5.74, 6) is -0.352. The lowest BCUT2D eigenvalue weighted by atomic mass is 10.0. The van der Waals surface area contributed by atoms with Gasteiger partial charge in [-0.25, -0.2) is 14.8 Å². The average Bonchev–Trinajstić information content (AvgIpc) is 2.96. The van der Waals surface area contributed by atoms with Gasteiger partial charge in [0.15, 0.2) is 5.82 Å². The molecule has 1 saturated heterocycles. The van der Waals surface area contributed by atoms with Gasteiger partial charge in [0, 0.05) is 37.3 Å².